The fraction of sp³-hybridized carbons (Fsp3) is 0.259. The molecule has 56 heavy (non-hydrogen) atoms. The number of hydrogen-bond acceptors (Lipinski definition) is 1. The van der Waals surface area contributed by atoms with E-state index < -0.39 is 0 Å². The zero-order valence-electron chi connectivity index (χ0n) is 33.2. The molecule has 0 saturated heterocycles. The maximum Gasteiger partial charge on any atom is 0.0537 e. The third-order valence-corrected chi connectivity index (χ3v) is 14.1. The molecule has 0 aliphatic heterocycles. The van der Waals surface area contributed by atoms with E-state index in [1.807, 2.05) is 0 Å². The van der Waals surface area contributed by atoms with Gasteiger partial charge in [-0.2, -0.15) is 0 Å². The second-order valence-corrected chi connectivity index (χ2v) is 17.8. The second-order valence-electron chi connectivity index (χ2n) is 17.8. The Kier molecular flexibility index (Phi) is 7.50. The smallest absolute Gasteiger partial charge is 0.0537 e. The summed E-state index contributed by atoms with van der Waals surface area (Å²) in [6, 6.07) is 34.5. The largest absolute Gasteiger partial charge is 0.313 e. The Balaban J connectivity index is 0.979. The first-order chi connectivity index (χ1) is 27.3. The highest BCUT2D eigenvalue weighted by Gasteiger charge is 2.40. The second kappa shape index (κ2) is 12.5. The number of fused-ring (bicyclic) bond motifs is 7. The summed E-state index contributed by atoms with van der Waals surface area (Å²) in [5.41, 5.74) is 22.5. The van der Waals surface area contributed by atoms with E-state index in [0.717, 1.165) is 44.9 Å². The van der Waals surface area contributed by atoms with E-state index in [0.29, 0.717) is 5.92 Å². The van der Waals surface area contributed by atoms with E-state index in [1.165, 1.54) is 78.3 Å². The number of rotatable bonds is 5. The molecule has 6 aliphatic rings. The van der Waals surface area contributed by atoms with Crippen molar-refractivity contribution in [2.45, 2.75) is 83.5 Å². The number of allylic oxidation sites excluding steroid dienone is 12. The summed E-state index contributed by atoms with van der Waals surface area (Å²) >= 11 is 0. The summed E-state index contributed by atoms with van der Waals surface area (Å²) < 4.78 is 2.49. The number of benzene rings is 4. The van der Waals surface area contributed by atoms with Gasteiger partial charge in [-0.05, 0) is 132 Å². The lowest BCUT2D eigenvalue weighted by molar-refractivity contribution is 0.607. The molecule has 11 rings (SSSR count). The molecule has 276 valence electrons. The van der Waals surface area contributed by atoms with Gasteiger partial charge in [0, 0.05) is 56.2 Å². The maximum atomic E-state index is 2.56. The van der Waals surface area contributed by atoms with E-state index in [-0.39, 0.29) is 10.8 Å². The Morgan fingerprint density at radius 1 is 0.679 bits per heavy atom. The normalized spacial score (nSPS) is 21.0. The molecule has 0 radical (unpaired) electrons. The lowest BCUT2D eigenvalue weighted by Crippen LogP contribution is -2.22. The quantitative estimate of drug-likeness (QED) is 0.175. The highest BCUT2D eigenvalue weighted by atomic mass is 15.1. The highest BCUT2D eigenvalue weighted by molar-refractivity contribution is 5.94. The van der Waals surface area contributed by atoms with Gasteiger partial charge in [-0.1, -0.05) is 130 Å². The minimum atomic E-state index is -0.0175. The van der Waals surface area contributed by atoms with Crippen LogP contribution in [-0.4, -0.2) is 4.57 Å². The minimum absolute atomic E-state index is 0.0175. The van der Waals surface area contributed by atoms with Crippen LogP contribution in [0.15, 0.2) is 156 Å². The minimum Gasteiger partial charge on any atom is -0.313 e. The van der Waals surface area contributed by atoms with Crippen molar-refractivity contribution in [2.75, 3.05) is 4.90 Å². The van der Waals surface area contributed by atoms with Crippen LogP contribution in [0.4, 0.5) is 11.4 Å². The van der Waals surface area contributed by atoms with Crippen molar-refractivity contribution in [2.24, 2.45) is 5.92 Å². The van der Waals surface area contributed by atoms with Gasteiger partial charge in [0.25, 0.3) is 0 Å². The first-order valence-electron chi connectivity index (χ1n) is 21.0. The van der Waals surface area contributed by atoms with Gasteiger partial charge < -0.3 is 9.47 Å². The van der Waals surface area contributed by atoms with E-state index in [4.69, 9.17) is 0 Å². The van der Waals surface area contributed by atoms with Gasteiger partial charge in [-0.25, -0.2) is 0 Å². The van der Waals surface area contributed by atoms with Gasteiger partial charge in [-0.3, -0.25) is 0 Å². The summed E-state index contributed by atoms with van der Waals surface area (Å²) in [4.78, 5) is 2.56. The van der Waals surface area contributed by atoms with Crippen LogP contribution >= 0.6 is 0 Å². The third-order valence-electron chi connectivity index (χ3n) is 14.1. The maximum absolute atomic E-state index is 2.56. The first kappa shape index (κ1) is 33.7. The third kappa shape index (κ3) is 4.94. The van der Waals surface area contributed by atoms with Crippen molar-refractivity contribution in [1.82, 2.24) is 4.57 Å². The molecule has 1 unspecified atom stereocenters. The Hall–Kier alpha value is -5.60. The summed E-state index contributed by atoms with van der Waals surface area (Å²) in [6.45, 7) is 9.72. The van der Waals surface area contributed by atoms with Crippen molar-refractivity contribution < 1.29 is 0 Å². The SMILES string of the molecule is CC1(C)C2=C(CCC=C2)c2ccc(N(C3=CCC(C4=Cc5c(n(-c6ccccc6)c6ccccc56)CC4)C=C3)c3ccc4c(c3)C(C)(C)C3=C4C=CCC3)cc21. The zero-order valence-corrected chi connectivity index (χ0v) is 33.2. The monoisotopic (exact) mass is 726 g/mol. The van der Waals surface area contributed by atoms with Crippen LogP contribution in [0, 0.1) is 5.92 Å². The summed E-state index contributed by atoms with van der Waals surface area (Å²) in [6.07, 6.45) is 27.2. The lowest BCUT2D eigenvalue weighted by Gasteiger charge is -2.33. The van der Waals surface area contributed by atoms with Crippen molar-refractivity contribution in [3.05, 3.63) is 189 Å². The topological polar surface area (TPSA) is 8.17 Å². The molecule has 0 spiro atoms. The Morgan fingerprint density at radius 2 is 1.41 bits per heavy atom. The molecule has 0 saturated carbocycles. The van der Waals surface area contributed by atoms with Crippen LogP contribution in [0.1, 0.15) is 99.7 Å². The molecule has 5 aromatic rings. The van der Waals surface area contributed by atoms with Crippen LogP contribution in [-0.2, 0) is 17.3 Å². The Labute approximate surface area is 332 Å². The van der Waals surface area contributed by atoms with Gasteiger partial charge in [0.05, 0.1) is 5.52 Å². The van der Waals surface area contributed by atoms with E-state index in [1.54, 1.807) is 16.7 Å². The Morgan fingerprint density at radius 3 is 2.21 bits per heavy atom. The van der Waals surface area contributed by atoms with E-state index in [2.05, 4.69) is 177 Å². The summed E-state index contributed by atoms with van der Waals surface area (Å²) in [7, 11) is 0. The van der Waals surface area contributed by atoms with Crippen LogP contribution in [0.2, 0.25) is 0 Å². The molecular weight excluding hydrogens is 677 g/mol. The average Bonchev–Trinajstić information content (AvgIpc) is 3.78. The molecule has 0 N–H and O–H groups in total. The fourth-order valence-corrected chi connectivity index (χ4v) is 11.2. The molecule has 2 nitrogen and oxygen atoms in total. The number of hydrogen-bond donors (Lipinski definition) is 0. The standard InChI is InChI=1S/C54H50N2/c1-53(2)47-19-11-8-16-41(47)43-29-27-39(33-49(43)53)55(40-28-30-44-42-17-9-12-20-48(42)54(3,4)50(44)34-40)38-25-22-35(23-26-38)36-24-31-52-46(32-36)45-18-10-13-21-51(45)56(52)37-14-6-5-7-15-37/h5-8,10,12-16,18,20-22,25-30,32-35H,9,11,17,19,23-24,31H2,1-4H3. The van der Waals surface area contributed by atoms with Gasteiger partial charge in [0.2, 0.25) is 0 Å². The van der Waals surface area contributed by atoms with Crippen molar-refractivity contribution in [3.63, 3.8) is 0 Å². The fourth-order valence-electron chi connectivity index (χ4n) is 11.2. The zero-order chi connectivity index (χ0) is 37.8. The number of aromatic nitrogens is 1. The lowest BCUT2D eigenvalue weighted by atomic mass is 9.78. The van der Waals surface area contributed by atoms with Crippen LogP contribution < -0.4 is 4.90 Å². The van der Waals surface area contributed by atoms with Crippen molar-refractivity contribution >= 4 is 39.5 Å². The van der Waals surface area contributed by atoms with E-state index in [9.17, 15) is 0 Å². The molecule has 1 aromatic heterocycles. The van der Waals surface area contributed by atoms with Crippen LogP contribution in [0.3, 0.4) is 0 Å². The van der Waals surface area contributed by atoms with Gasteiger partial charge in [0.15, 0.2) is 0 Å². The molecule has 6 aliphatic carbocycles. The first-order valence-corrected chi connectivity index (χ1v) is 21.0. The number of anilines is 2. The molecule has 0 amide bonds. The highest BCUT2D eigenvalue weighted by Crippen LogP contribution is 2.54. The molecule has 0 fully saturated rings. The summed E-state index contributed by atoms with van der Waals surface area (Å²) in [5, 5.41) is 1.35. The average molecular weight is 727 g/mol. The van der Waals surface area contributed by atoms with Gasteiger partial charge in [0.1, 0.15) is 0 Å². The molecule has 1 atom stereocenters. The summed E-state index contributed by atoms with van der Waals surface area (Å²) in [5.74, 6) is 0.385. The van der Waals surface area contributed by atoms with Crippen molar-refractivity contribution in [1.29, 1.82) is 0 Å². The Bertz CT molecular complexity index is 2710. The van der Waals surface area contributed by atoms with Gasteiger partial charge >= 0.3 is 0 Å². The van der Waals surface area contributed by atoms with Crippen molar-refractivity contribution in [3.8, 4) is 5.69 Å². The number of nitrogens with zero attached hydrogens (tertiary/aromatic N) is 2. The predicted octanol–water partition coefficient (Wildman–Crippen LogP) is 14.0. The van der Waals surface area contributed by atoms with E-state index >= 15 is 0 Å². The predicted molar refractivity (Wildman–Crippen MR) is 237 cm³/mol. The van der Waals surface area contributed by atoms with Gasteiger partial charge in [-0.15, -0.1) is 0 Å². The molecule has 4 aromatic carbocycles. The number of para-hydroxylation sites is 2. The van der Waals surface area contributed by atoms with Crippen LogP contribution in [0.25, 0.3) is 33.8 Å². The van der Waals surface area contributed by atoms with Crippen LogP contribution in [0.5, 0.6) is 0 Å². The molecule has 1 heterocycles. The molecule has 2 heteroatoms. The molecular formula is C54H50N2. The molecule has 0 bridgehead atoms.